The second-order valence-corrected chi connectivity index (χ2v) is 2.70. The van der Waals surface area contributed by atoms with Gasteiger partial charge in [-0.05, 0) is 6.92 Å². The van der Waals surface area contributed by atoms with Gasteiger partial charge in [0.05, 0.1) is 0 Å². The summed E-state index contributed by atoms with van der Waals surface area (Å²) in [7, 11) is 0. The number of ketones is 1. The molecule has 0 aromatic heterocycles. The maximum atomic E-state index is 11.5. The Hall–Kier alpha value is -1.91. The van der Waals surface area contributed by atoms with Crippen LogP contribution in [0, 0.1) is 10.1 Å². The average Bonchev–Trinajstić information content (AvgIpc) is 2.17. The Kier molecular flexibility index (Phi) is 3.17. The molecule has 1 atom stereocenters. The Morgan fingerprint density at radius 3 is 2.50 bits per heavy atom. The van der Waals surface area contributed by atoms with Gasteiger partial charge >= 0.3 is 0 Å². The molecule has 0 fully saturated rings. The second-order valence-electron chi connectivity index (χ2n) is 2.70. The largest absolute Gasteiger partial charge is 0.303 e. The maximum Gasteiger partial charge on any atom is 0.295 e. The molecule has 14 heavy (non-hydrogen) atoms. The van der Waals surface area contributed by atoms with Crippen LogP contribution in [-0.2, 0) is 4.84 Å². The van der Waals surface area contributed by atoms with Crippen LogP contribution in [0.3, 0.4) is 0 Å². The van der Waals surface area contributed by atoms with Crippen LogP contribution in [0.2, 0.25) is 0 Å². The normalized spacial score (nSPS) is 11.8. The average molecular weight is 195 g/mol. The number of Topliss-reactive ketones (excluding diaryl/α,β-unsaturated/α-hetero) is 1. The summed E-state index contributed by atoms with van der Waals surface area (Å²) in [6.07, 6.45) is -1.06. The number of carbonyl (C=O) groups excluding carboxylic acids is 1. The lowest BCUT2D eigenvalue weighted by atomic mass is 10.1. The van der Waals surface area contributed by atoms with Crippen molar-refractivity contribution < 1.29 is 14.7 Å². The Bertz CT molecular complexity index is 336. The second kappa shape index (κ2) is 4.36. The van der Waals surface area contributed by atoms with Gasteiger partial charge in [0.1, 0.15) is 0 Å². The van der Waals surface area contributed by atoms with Crippen molar-refractivity contribution in [3.05, 3.63) is 46.0 Å². The number of rotatable bonds is 4. The molecule has 1 aromatic carbocycles. The van der Waals surface area contributed by atoms with Crippen molar-refractivity contribution in [1.29, 1.82) is 0 Å². The Labute approximate surface area is 80.4 Å². The van der Waals surface area contributed by atoms with E-state index in [2.05, 4.69) is 4.84 Å². The van der Waals surface area contributed by atoms with E-state index in [1.165, 1.54) is 6.92 Å². The minimum Gasteiger partial charge on any atom is -0.303 e. The summed E-state index contributed by atoms with van der Waals surface area (Å²) >= 11 is 0. The van der Waals surface area contributed by atoms with Gasteiger partial charge in [0.2, 0.25) is 0 Å². The van der Waals surface area contributed by atoms with Crippen molar-refractivity contribution in [3.63, 3.8) is 0 Å². The lowest BCUT2D eigenvalue weighted by molar-refractivity contribution is -0.763. The van der Waals surface area contributed by atoms with E-state index in [1.54, 1.807) is 30.3 Å². The Balaban J connectivity index is 2.71. The van der Waals surface area contributed by atoms with E-state index in [0.717, 1.165) is 0 Å². The molecule has 0 aliphatic rings. The fourth-order valence-corrected chi connectivity index (χ4v) is 1.01. The van der Waals surface area contributed by atoms with E-state index >= 15 is 0 Å². The van der Waals surface area contributed by atoms with E-state index in [0.29, 0.717) is 5.56 Å². The zero-order valence-corrected chi connectivity index (χ0v) is 7.54. The number of carbonyl (C=O) groups is 1. The first-order valence-electron chi connectivity index (χ1n) is 4.01. The highest BCUT2D eigenvalue weighted by molar-refractivity contribution is 5.99. The summed E-state index contributed by atoms with van der Waals surface area (Å²) in [5.74, 6) is -0.401. The standard InChI is InChI=1S/C9H9NO4/c1-7(14-10(12)13)9(11)8-5-3-2-4-6-8/h2-7H,1H3/t7-/m1/s1. The molecule has 0 amide bonds. The SMILES string of the molecule is C[C@@H](O[N+](=O)[O-])C(=O)c1ccccc1. The molecule has 0 unspecified atom stereocenters. The van der Waals surface area contributed by atoms with Gasteiger partial charge in [-0.15, -0.1) is 10.1 Å². The number of benzene rings is 1. The third-order valence-electron chi connectivity index (χ3n) is 1.67. The van der Waals surface area contributed by atoms with Gasteiger partial charge in [-0.3, -0.25) is 4.79 Å². The lowest BCUT2D eigenvalue weighted by Gasteiger charge is -2.07. The van der Waals surface area contributed by atoms with E-state index in [-0.39, 0.29) is 0 Å². The third-order valence-corrected chi connectivity index (χ3v) is 1.67. The van der Waals surface area contributed by atoms with E-state index < -0.39 is 17.0 Å². The van der Waals surface area contributed by atoms with Crippen LogP contribution < -0.4 is 0 Å². The van der Waals surface area contributed by atoms with Gasteiger partial charge in [0.15, 0.2) is 11.9 Å². The van der Waals surface area contributed by atoms with Crippen molar-refractivity contribution in [3.8, 4) is 0 Å². The molecule has 0 spiro atoms. The molecular weight excluding hydrogens is 186 g/mol. The summed E-state index contributed by atoms with van der Waals surface area (Å²) in [4.78, 5) is 25.6. The van der Waals surface area contributed by atoms with Gasteiger partial charge in [-0.25, -0.2) is 0 Å². The molecule has 5 nitrogen and oxygen atoms in total. The van der Waals surface area contributed by atoms with E-state index in [1.807, 2.05) is 0 Å². The molecule has 0 aliphatic heterocycles. The summed E-state index contributed by atoms with van der Waals surface area (Å²) in [6.45, 7) is 1.35. The van der Waals surface area contributed by atoms with E-state index in [4.69, 9.17) is 0 Å². The van der Waals surface area contributed by atoms with Crippen LogP contribution in [0.25, 0.3) is 0 Å². The van der Waals surface area contributed by atoms with Gasteiger partial charge in [-0.2, -0.15) is 0 Å². The first-order valence-corrected chi connectivity index (χ1v) is 4.01. The van der Waals surface area contributed by atoms with Crippen LogP contribution in [0.15, 0.2) is 30.3 Å². The molecular formula is C9H9NO4. The molecule has 1 aromatic rings. The zero-order valence-electron chi connectivity index (χ0n) is 7.54. The molecule has 0 radical (unpaired) electrons. The summed E-state index contributed by atoms with van der Waals surface area (Å²) in [6, 6.07) is 8.30. The number of nitrogens with zero attached hydrogens (tertiary/aromatic N) is 1. The minimum atomic E-state index is -1.06. The predicted molar refractivity (Wildman–Crippen MR) is 48.3 cm³/mol. The van der Waals surface area contributed by atoms with Gasteiger partial charge in [0, 0.05) is 5.56 Å². The van der Waals surface area contributed by atoms with Crippen molar-refractivity contribution in [2.24, 2.45) is 0 Å². The highest BCUT2D eigenvalue weighted by Gasteiger charge is 2.17. The summed E-state index contributed by atoms with van der Waals surface area (Å²) in [5.41, 5.74) is 0.404. The molecule has 0 saturated heterocycles. The number of hydrogen-bond acceptors (Lipinski definition) is 4. The molecule has 0 bridgehead atoms. The van der Waals surface area contributed by atoms with Gasteiger partial charge in [0.25, 0.3) is 5.09 Å². The summed E-state index contributed by atoms with van der Waals surface area (Å²) < 4.78 is 0. The maximum absolute atomic E-state index is 11.5. The van der Waals surface area contributed by atoms with Gasteiger partial charge in [-0.1, -0.05) is 30.3 Å². The fourth-order valence-electron chi connectivity index (χ4n) is 1.01. The summed E-state index contributed by atoms with van der Waals surface area (Å²) in [5, 5.41) is 9.01. The van der Waals surface area contributed by atoms with Crippen molar-refractivity contribution in [2.45, 2.75) is 13.0 Å². The third kappa shape index (κ3) is 2.55. The van der Waals surface area contributed by atoms with Crippen LogP contribution >= 0.6 is 0 Å². The Morgan fingerprint density at radius 1 is 1.43 bits per heavy atom. The van der Waals surface area contributed by atoms with Crippen LogP contribution in [0.1, 0.15) is 17.3 Å². The highest BCUT2D eigenvalue weighted by Crippen LogP contribution is 2.05. The first kappa shape index (κ1) is 10.2. The van der Waals surface area contributed by atoms with Crippen molar-refractivity contribution in [1.82, 2.24) is 0 Å². The predicted octanol–water partition coefficient (Wildman–Crippen LogP) is 1.47. The fraction of sp³-hybridized carbons (Fsp3) is 0.222. The first-order chi connectivity index (χ1) is 6.61. The van der Waals surface area contributed by atoms with Crippen LogP contribution in [-0.4, -0.2) is 17.0 Å². The minimum absolute atomic E-state index is 0.401. The zero-order chi connectivity index (χ0) is 10.6. The number of hydrogen-bond donors (Lipinski definition) is 0. The van der Waals surface area contributed by atoms with Crippen LogP contribution in [0.4, 0.5) is 0 Å². The smallest absolute Gasteiger partial charge is 0.295 e. The lowest BCUT2D eigenvalue weighted by Crippen LogP contribution is -2.23. The molecule has 0 heterocycles. The molecule has 0 N–H and O–H groups in total. The highest BCUT2D eigenvalue weighted by atomic mass is 17.0. The molecule has 1 rings (SSSR count). The molecule has 74 valence electrons. The molecule has 0 aliphatic carbocycles. The van der Waals surface area contributed by atoms with E-state index in [9.17, 15) is 14.9 Å². The van der Waals surface area contributed by atoms with Gasteiger partial charge < -0.3 is 4.84 Å². The van der Waals surface area contributed by atoms with Crippen molar-refractivity contribution in [2.75, 3.05) is 0 Å². The molecule has 0 saturated carbocycles. The van der Waals surface area contributed by atoms with Crippen molar-refractivity contribution >= 4 is 5.78 Å². The van der Waals surface area contributed by atoms with Crippen LogP contribution in [0.5, 0.6) is 0 Å². The molecule has 5 heteroatoms. The Morgan fingerprint density at radius 2 is 2.00 bits per heavy atom. The topological polar surface area (TPSA) is 69.4 Å². The monoisotopic (exact) mass is 195 g/mol. The quantitative estimate of drug-likeness (QED) is 0.414.